The Morgan fingerprint density at radius 3 is 2.86 bits per heavy atom. The first-order valence-corrected chi connectivity index (χ1v) is 10.6. The van der Waals surface area contributed by atoms with E-state index in [9.17, 15) is 4.79 Å². The van der Waals surface area contributed by atoms with E-state index in [2.05, 4.69) is 29.3 Å². The highest BCUT2D eigenvalue weighted by Gasteiger charge is 2.31. The SMILES string of the molecule is COc1ccc(C2=CC(=O)N3C=C(N4CCN[C@@H](C)C4)C=CC3P2)c(OC)c1. The largest absolute Gasteiger partial charge is 0.497 e. The van der Waals surface area contributed by atoms with E-state index in [0.29, 0.717) is 14.6 Å². The van der Waals surface area contributed by atoms with E-state index in [1.54, 1.807) is 20.3 Å². The minimum Gasteiger partial charge on any atom is -0.497 e. The van der Waals surface area contributed by atoms with Crippen molar-refractivity contribution in [3.05, 3.63) is 53.9 Å². The number of carbonyl (C=O) groups excluding carboxylic acids is 1. The van der Waals surface area contributed by atoms with Crippen LogP contribution in [-0.2, 0) is 4.79 Å². The molecule has 0 bridgehead atoms. The zero-order chi connectivity index (χ0) is 19.7. The third-order valence-corrected chi connectivity index (χ3v) is 6.77. The molecule has 3 heterocycles. The maximum Gasteiger partial charge on any atom is 0.252 e. The van der Waals surface area contributed by atoms with Gasteiger partial charge in [-0.05, 0) is 30.4 Å². The zero-order valence-electron chi connectivity index (χ0n) is 16.4. The lowest BCUT2D eigenvalue weighted by Gasteiger charge is -2.39. The Labute approximate surface area is 167 Å². The van der Waals surface area contributed by atoms with Crippen LogP contribution in [0.5, 0.6) is 11.5 Å². The van der Waals surface area contributed by atoms with Crippen molar-refractivity contribution in [1.29, 1.82) is 0 Å². The molecule has 1 N–H and O–H groups in total. The van der Waals surface area contributed by atoms with Crippen LogP contribution in [0.2, 0.25) is 0 Å². The molecule has 148 valence electrons. The van der Waals surface area contributed by atoms with E-state index in [4.69, 9.17) is 9.47 Å². The first-order chi connectivity index (χ1) is 13.6. The van der Waals surface area contributed by atoms with E-state index in [1.165, 1.54) is 0 Å². The summed E-state index contributed by atoms with van der Waals surface area (Å²) >= 11 is 0. The fraction of sp³-hybridized carbons (Fsp3) is 0.381. The fourth-order valence-corrected chi connectivity index (χ4v) is 5.22. The second kappa shape index (κ2) is 7.98. The fourth-order valence-electron chi connectivity index (χ4n) is 3.80. The van der Waals surface area contributed by atoms with E-state index >= 15 is 0 Å². The monoisotopic (exact) mass is 399 g/mol. The van der Waals surface area contributed by atoms with Crippen LogP contribution in [0.25, 0.3) is 5.31 Å². The van der Waals surface area contributed by atoms with Crippen molar-refractivity contribution in [2.75, 3.05) is 33.9 Å². The van der Waals surface area contributed by atoms with Crippen LogP contribution in [0.4, 0.5) is 0 Å². The van der Waals surface area contributed by atoms with Crippen LogP contribution in [-0.4, -0.2) is 61.4 Å². The second-order valence-electron chi connectivity index (χ2n) is 7.17. The van der Waals surface area contributed by atoms with Gasteiger partial charge in [-0.3, -0.25) is 4.79 Å². The Morgan fingerprint density at radius 1 is 1.25 bits per heavy atom. The number of allylic oxidation sites excluding steroid dienone is 1. The van der Waals surface area contributed by atoms with E-state index in [0.717, 1.165) is 47.7 Å². The van der Waals surface area contributed by atoms with Gasteiger partial charge in [-0.2, -0.15) is 0 Å². The van der Waals surface area contributed by atoms with Crippen LogP contribution in [0.1, 0.15) is 12.5 Å². The molecule has 3 aliphatic rings. The Kier molecular flexibility index (Phi) is 5.42. The number of amides is 1. The summed E-state index contributed by atoms with van der Waals surface area (Å²) < 4.78 is 10.8. The van der Waals surface area contributed by atoms with Crippen LogP contribution in [0.3, 0.4) is 0 Å². The van der Waals surface area contributed by atoms with Gasteiger partial charge < -0.3 is 24.6 Å². The molecule has 3 atom stereocenters. The molecule has 1 saturated heterocycles. The second-order valence-corrected chi connectivity index (χ2v) is 8.59. The van der Waals surface area contributed by atoms with Gasteiger partial charge in [0.1, 0.15) is 11.5 Å². The van der Waals surface area contributed by atoms with Gasteiger partial charge in [0.05, 0.1) is 25.7 Å². The molecule has 0 spiro atoms. The highest BCUT2D eigenvalue weighted by atomic mass is 31.1. The van der Waals surface area contributed by atoms with Crippen LogP contribution >= 0.6 is 8.58 Å². The summed E-state index contributed by atoms with van der Waals surface area (Å²) in [6.45, 7) is 5.06. The van der Waals surface area contributed by atoms with Gasteiger partial charge in [-0.1, -0.05) is 14.7 Å². The predicted molar refractivity (Wildman–Crippen MR) is 113 cm³/mol. The molecule has 0 aliphatic carbocycles. The Balaban J connectivity index is 1.59. The summed E-state index contributed by atoms with van der Waals surface area (Å²) in [5, 5.41) is 4.47. The molecule has 0 saturated carbocycles. The maximum absolute atomic E-state index is 12.9. The normalized spacial score (nSPS) is 25.3. The third kappa shape index (κ3) is 3.67. The molecule has 6 nitrogen and oxygen atoms in total. The van der Waals surface area contributed by atoms with E-state index < -0.39 is 0 Å². The number of nitrogens with zero attached hydrogens (tertiary/aromatic N) is 2. The predicted octanol–water partition coefficient (Wildman–Crippen LogP) is 2.60. The first kappa shape index (κ1) is 19.0. The van der Waals surface area contributed by atoms with Gasteiger partial charge in [-0.25, -0.2) is 0 Å². The van der Waals surface area contributed by atoms with Crippen molar-refractivity contribution < 1.29 is 14.3 Å². The van der Waals surface area contributed by atoms with Crippen LogP contribution in [0, 0.1) is 0 Å². The van der Waals surface area contributed by atoms with Crippen LogP contribution < -0.4 is 14.8 Å². The van der Waals surface area contributed by atoms with E-state index in [1.807, 2.05) is 29.3 Å². The lowest BCUT2D eigenvalue weighted by molar-refractivity contribution is -0.123. The van der Waals surface area contributed by atoms with Crippen molar-refractivity contribution in [3.8, 4) is 11.5 Å². The number of methoxy groups -OCH3 is 2. The van der Waals surface area contributed by atoms with Gasteiger partial charge >= 0.3 is 0 Å². The molecular formula is C21H26N3O3P. The molecule has 1 aromatic carbocycles. The highest BCUT2D eigenvalue weighted by molar-refractivity contribution is 7.51. The number of hydrogen-bond acceptors (Lipinski definition) is 5. The average Bonchev–Trinajstić information content (AvgIpc) is 2.73. The lowest BCUT2D eigenvalue weighted by Crippen LogP contribution is -2.49. The molecule has 2 unspecified atom stereocenters. The van der Waals surface area contributed by atoms with Gasteiger partial charge in [0.25, 0.3) is 5.91 Å². The molecule has 3 aliphatic heterocycles. The average molecular weight is 399 g/mol. The smallest absolute Gasteiger partial charge is 0.252 e. The number of benzene rings is 1. The standard InChI is InChI=1S/C21H26N3O3P/c1-14-12-23(9-8-22-14)15-4-7-21-24(13-15)20(25)11-19(28-21)17-6-5-16(26-2)10-18(17)27-3/h4-7,10-11,13-14,21-22,28H,8-9,12H2,1-3H3/t14-,21?/m0/s1. The van der Waals surface area contributed by atoms with Crippen molar-refractivity contribution in [1.82, 2.24) is 15.1 Å². The molecule has 1 fully saturated rings. The van der Waals surface area contributed by atoms with Gasteiger partial charge in [-0.15, -0.1) is 0 Å². The molecule has 7 heteroatoms. The number of fused-ring (bicyclic) bond motifs is 1. The molecule has 0 radical (unpaired) electrons. The summed E-state index contributed by atoms with van der Waals surface area (Å²) in [5.74, 6) is 1.54. The quantitative estimate of drug-likeness (QED) is 0.789. The van der Waals surface area contributed by atoms with Crippen molar-refractivity contribution >= 4 is 19.8 Å². The number of hydrogen-bond donors (Lipinski definition) is 1. The molecule has 1 aromatic rings. The van der Waals surface area contributed by atoms with Gasteiger partial charge in [0, 0.05) is 49.6 Å². The number of carbonyl (C=O) groups is 1. The first-order valence-electron chi connectivity index (χ1n) is 9.50. The summed E-state index contributed by atoms with van der Waals surface area (Å²) in [4.78, 5) is 17.1. The molecule has 28 heavy (non-hydrogen) atoms. The number of nitrogens with one attached hydrogen (secondary N) is 1. The summed E-state index contributed by atoms with van der Waals surface area (Å²) in [6.07, 6.45) is 8.07. The van der Waals surface area contributed by atoms with Gasteiger partial charge in [0.15, 0.2) is 0 Å². The topological polar surface area (TPSA) is 54.0 Å². The van der Waals surface area contributed by atoms with Crippen molar-refractivity contribution in [2.24, 2.45) is 0 Å². The molecule has 4 rings (SSSR count). The minimum absolute atomic E-state index is 0.0154. The molecule has 0 aromatic heterocycles. The summed E-state index contributed by atoms with van der Waals surface area (Å²) in [5.41, 5.74) is 2.07. The number of rotatable bonds is 4. The Hall–Kier alpha value is -2.30. The van der Waals surface area contributed by atoms with Crippen molar-refractivity contribution in [2.45, 2.75) is 18.7 Å². The maximum atomic E-state index is 12.9. The Bertz CT molecular complexity index is 864. The minimum atomic E-state index is 0.0154. The Morgan fingerprint density at radius 2 is 2.11 bits per heavy atom. The molecular weight excluding hydrogens is 373 g/mol. The van der Waals surface area contributed by atoms with Crippen molar-refractivity contribution in [3.63, 3.8) is 0 Å². The highest BCUT2D eigenvalue weighted by Crippen LogP contribution is 2.47. The zero-order valence-corrected chi connectivity index (χ0v) is 17.4. The summed E-state index contributed by atoms with van der Waals surface area (Å²) in [7, 11) is 3.73. The lowest BCUT2D eigenvalue weighted by atomic mass is 10.1. The van der Waals surface area contributed by atoms with E-state index in [-0.39, 0.29) is 11.7 Å². The third-order valence-electron chi connectivity index (χ3n) is 5.28. The van der Waals surface area contributed by atoms with Crippen LogP contribution in [0.15, 0.2) is 48.3 Å². The number of ether oxygens (including phenoxy) is 2. The van der Waals surface area contributed by atoms with Gasteiger partial charge in [0.2, 0.25) is 0 Å². The molecule has 1 amide bonds. The number of piperazine rings is 1. The summed E-state index contributed by atoms with van der Waals surface area (Å²) in [6, 6.07) is 6.18.